The molecule has 4 nitrogen and oxygen atoms in total. The minimum absolute atomic E-state index is 0.250. The number of rotatable bonds is 6. The Hall–Kier alpha value is -2.63. The third kappa shape index (κ3) is 5.21. The van der Waals surface area contributed by atoms with Crippen molar-refractivity contribution in [3.63, 3.8) is 0 Å². The summed E-state index contributed by atoms with van der Waals surface area (Å²) in [6.07, 6.45) is 4.21. The van der Waals surface area contributed by atoms with E-state index < -0.39 is 16.4 Å². The zero-order valence-electron chi connectivity index (χ0n) is 19.7. The van der Waals surface area contributed by atoms with Gasteiger partial charge in [0, 0.05) is 22.3 Å². The van der Waals surface area contributed by atoms with E-state index in [0.717, 1.165) is 36.3 Å². The summed E-state index contributed by atoms with van der Waals surface area (Å²) >= 11 is 0. The van der Waals surface area contributed by atoms with Gasteiger partial charge in [-0.1, -0.05) is 30.3 Å². The first-order valence-electron chi connectivity index (χ1n) is 12.1. The summed E-state index contributed by atoms with van der Waals surface area (Å²) in [6, 6.07) is 20.9. The van der Waals surface area contributed by atoms with Gasteiger partial charge >= 0.3 is 0 Å². The maximum atomic E-state index is 11.7. The Bertz CT molecular complexity index is 1180. The maximum absolute atomic E-state index is 11.7. The highest BCUT2D eigenvalue weighted by atomic mass is 32.2. The van der Waals surface area contributed by atoms with Crippen molar-refractivity contribution in [2.24, 2.45) is 0 Å². The van der Waals surface area contributed by atoms with E-state index in [2.05, 4.69) is 37.3 Å². The Morgan fingerprint density at radius 1 is 0.912 bits per heavy atom. The van der Waals surface area contributed by atoms with Gasteiger partial charge in [0.05, 0.1) is 0 Å². The van der Waals surface area contributed by atoms with E-state index in [4.69, 9.17) is 9.47 Å². The molecule has 5 rings (SSSR count). The summed E-state index contributed by atoms with van der Waals surface area (Å²) in [5, 5.41) is 10.8. The van der Waals surface area contributed by atoms with Crippen molar-refractivity contribution in [3.8, 4) is 22.6 Å². The lowest BCUT2D eigenvalue weighted by Crippen LogP contribution is -2.42. The number of aryl methyl sites for hydroxylation is 3. The fourth-order valence-electron chi connectivity index (χ4n) is 5.00. The molecule has 1 fully saturated rings. The van der Waals surface area contributed by atoms with Gasteiger partial charge < -0.3 is 14.6 Å². The van der Waals surface area contributed by atoms with E-state index in [1.54, 1.807) is 0 Å². The quantitative estimate of drug-likeness (QED) is 0.519. The van der Waals surface area contributed by atoms with Crippen LogP contribution in [0, 0.1) is 6.92 Å². The van der Waals surface area contributed by atoms with Gasteiger partial charge in [0.25, 0.3) is 0 Å². The Labute approximate surface area is 204 Å². The van der Waals surface area contributed by atoms with Crippen LogP contribution in [0.1, 0.15) is 41.5 Å². The van der Waals surface area contributed by atoms with Crippen LogP contribution in [-0.4, -0.2) is 33.0 Å². The molecule has 3 aromatic rings. The standard InChI is InChI=1S/C29H32O4S/c1-21-16-26(33-20-29(30)12-14-34(31)15-13-29)18-24-7-5-6-23-11-10-22(17-27(23)28(21)24)19-32-25-8-3-2-4-9-25/h2-4,8-11,16-18,30H,5-7,12-15,19-20H2,1H3. The molecule has 0 amide bonds. The van der Waals surface area contributed by atoms with Crippen LogP contribution in [0.4, 0.5) is 0 Å². The second kappa shape index (κ2) is 9.93. The molecular weight excluding hydrogens is 444 g/mol. The van der Waals surface area contributed by atoms with Crippen molar-refractivity contribution in [2.45, 2.75) is 51.2 Å². The Morgan fingerprint density at radius 2 is 1.68 bits per heavy atom. The molecule has 1 aliphatic heterocycles. The van der Waals surface area contributed by atoms with Crippen LogP contribution in [0.2, 0.25) is 0 Å². The van der Waals surface area contributed by atoms with Crippen LogP contribution < -0.4 is 9.47 Å². The number of fused-ring (bicyclic) bond motifs is 3. The molecule has 5 heteroatoms. The van der Waals surface area contributed by atoms with E-state index in [1.165, 1.54) is 27.8 Å². The van der Waals surface area contributed by atoms with E-state index >= 15 is 0 Å². The predicted octanol–water partition coefficient (Wildman–Crippen LogP) is 5.38. The molecular formula is C29H32O4S. The molecule has 0 aromatic heterocycles. The molecule has 0 spiro atoms. The average Bonchev–Trinajstić information content (AvgIpc) is 3.03. The third-order valence-electron chi connectivity index (χ3n) is 6.97. The van der Waals surface area contributed by atoms with Crippen molar-refractivity contribution in [3.05, 3.63) is 82.9 Å². The van der Waals surface area contributed by atoms with Crippen LogP contribution in [-0.2, 0) is 30.2 Å². The predicted molar refractivity (Wildman–Crippen MR) is 137 cm³/mol. The highest BCUT2D eigenvalue weighted by Crippen LogP contribution is 2.38. The summed E-state index contributed by atoms with van der Waals surface area (Å²) in [6.45, 7) is 2.93. The number of hydrogen-bond acceptors (Lipinski definition) is 4. The van der Waals surface area contributed by atoms with Gasteiger partial charge in [0.15, 0.2) is 0 Å². The van der Waals surface area contributed by atoms with Crippen LogP contribution in [0.25, 0.3) is 11.1 Å². The topological polar surface area (TPSA) is 55.8 Å². The molecule has 34 heavy (non-hydrogen) atoms. The molecule has 1 aliphatic carbocycles. The van der Waals surface area contributed by atoms with Gasteiger partial charge in [-0.25, -0.2) is 0 Å². The van der Waals surface area contributed by atoms with E-state index in [-0.39, 0.29) is 6.61 Å². The van der Waals surface area contributed by atoms with Gasteiger partial charge in [0.1, 0.15) is 30.3 Å². The SMILES string of the molecule is Cc1cc(OCC2(O)CCS(=O)CC2)cc2c1-c1cc(COc3ccccc3)ccc1CCC2. The molecule has 0 bridgehead atoms. The van der Waals surface area contributed by atoms with Gasteiger partial charge in [-0.2, -0.15) is 0 Å². The molecule has 0 saturated carbocycles. The van der Waals surface area contributed by atoms with Gasteiger partial charge in [0.2, 0.25) is 0 Å². The van der Waals surface area contributed by atoms with Crippen molar-refractivity contribution in [1.29, 1.82) is 0 Å². The van der Waals surface area contributed by atoms with E-state index in [9.17, 15) is 9.32 Å². The zero-order chi connectivity index (χ0) is 23.5. The lowest BCUT2D eigenvalue weighted by molar-refractivity contribution is -0.0122. The lowest BCUT2D eigenvalue weighted by Gasteiger charge is -2.31. The highest BCUT2D eigenvalue weighted by Gasteiger charge is 2.33. The van der Waals surface area contributed by atoms with Crippen LogP contribution in [0.15, 0.2) is 60.7 Å². The molecule has 0 radical (unpaired) electrons. The minimum Gasteiger partial charge on any atom is -0.491 e. The Kier molecular flexibility index (Phi) is 6.75. The highest BCUT2D eigenvalue weighted by molar-refractivity contribution is 7.85. The zero-order valence-corrected chi connectivity index (χ0v) is 20.5. The average molecular weight is 477 g/mol. The second-order valence-corrected chi connectivity index (χ2v) is 11.3. The first-order valence-corrected chi connectivity index (χ1v) is 13.6. The molecule has 0 unspecified atom stereocenters. The van der Waals surface area contributed by atoms with Crippen LogP contribution in [0.3, 0.4) is 0 Å². The summed E-state index contributed by atoms with van der Waals surface area (Å²) in [4.78, 5) is 0. The van der Waals surface area contributed by atoms with Gasteiger partial charge in [-0.05, 0) is 103 Å². The first kappa shape index (κ1) is 23.1. The number of para-hydroxylation sites is 1. The number of ether oxygens (including phenoxy) is 2. The second-order valence-electron chi connectivity index (χ2n) is 9.58. The monoisotopic (exact) mass is 476 g/mol. The lowest BCUT2D eigenvalue weighted by atomic mass is 9.91. The molecule has 0 atom stereocenters. The number of aliphatic hydroxyl groups is 1. The normalized spacial score (nSPS) is 21.8. The van der Waals surface area contributed by atoms with Crippen molar-refractivity contribution in [1.82, 2.24) is 0 Å². The van der Waals surface area contributed by atoms with Crippen molar-refractivity contribution >= 4 is 10.8 Å². The first-order chi connectivity index (χ1) is 16.5. The van der Waals surface area contributed by atoms with Crippen molar-refractivity contribution in [2.75, 3.05) is 18.1 Å². The van der Waals surface area contributed by atoms with E-state index in [1.807, 2.05) is 30.3 Å². The largest absolute Gasteiger partial charge is 0.491 e. The van der Waals surface area contributed by atoms with Gasteiger partial charge in [-0.15, -0.1) is 0 Å². The fourth-order valence-corrected chi connectivity index (χ4v) is 6.42. The summed E-state index contributed by atoms with van der Waals surface area (Å²) in [5.41, 5.74) is 6.73. The molecule has 1 heterocycles. The Balaban J connectivity index is 1.37. The fraction of sp³-hybridized carbons (Fsp3) is 0.379. The minimum atomic E-state index is -0.880. The van der Waals surface area contributed by atoms with Crippen molar-refractivity contribution < 1.29 is 18.8 Å². The van der Waals surface area contributed by atoms with Crippen LogP contribution >= 0.6 is 0 Å². The Morgan fingerprint density at radius 3 is 2.47 bits per heavy atom. The molecule has 178 valence electrons. The van der Waals surface area contributed by atoms with E-state index in [0.29, 0.717) is 31.0 Å². The third-order valence-corrected chi connectivity index (χ3v) is 8.29. The van der Waals surface area contributed by atoms with Crippen LogP contribution in [0.5, 0.6) is 11.5 Å². The summed E-state index contributed by atoms with van der Waals surface area (Å²) in [7, 11) is -0.803. The number of hydrogen-bond donors (Lipinski definition) is 1. The van der Waals surface area contributed by atoms with Gasteiger partial charge in [-0.3, -0.25) is 4.21 Å². The summed E-state index contributed by atoms with van der Waals surface area (Å²) in [5.74, 6) is 2.79. The summed E-state index contributed by atoms with van der Waals surface area (Å²) < 4.78 is 23.7. The number of benzene rings is 3. The maximum Gasteiger partial charge on any atom is 0.120 e. The smallest absolute Gasteiger partial charge is 0.120 e. The molecule has 3 aromatic carbocycles. The molecule has 1 N–H and O–H groups in total. The molecule has 2 aliphatic rings. The molecule has 1 saturated heterocycles.